The molecule has 6 heteroatoms. The third-order valence-corrected chi connectivity index (χ3v) is 3.33. The molecule has 0 aliphatic carbocycles. The molecular formula is C14H14N2O4. The Kier molecular flexibility index (Phi) is 3.15. The minimum atomic E-state index is -0.459. The number of rotatable bonds is 2. The van der Waals surface area contributed by atoms with Crippen LogP contribution in [0.1, 0.15) is 5.56 Å². The molecule has 0 radical (unpaired) electrons. The van der Waals surface area contributed by atoms with Gasteiger partial charge >= 0.3 is 5.63 Å². The summed E-state index contributed by atoms with van der Waals surface area (Å²) in [5, 5.41) is 13.0. The van der Waals surface area contributed by atoms with E-state index in [0.717, 1.165) is 17.5 Å². The van der Waals surface area contributed by atoms with Crippen molar-refractivity contribution in [2.75, 3.05) is 19.6 Å². The Morgan fingerprint density at radius 2 is 2.15 bits per heavy atom. The molecular weight excluding hydrogens is 260 g/mol. The van der Waals surface area contributed by atoms with Crippen LogP contribution in [0.2, 0.25) is 0 Å². The maximum absolute atomic E-state index is 11.6. The molecule has 0 unspecified atom stereocenters. The Hall–Kier alpha value is -2.34. The lowest BCUT2D eigenvalue weighted by Crippen LogP contribution is -2.47. The van der Waals surface area contributed by atoms with E-state index in [9.17, 15) is 14.7 Å². The van der Waals surface area contributed by atoms with Gasteiger partial charge in [-0.3, -0.25) is 9.69 Å². The molecule has 1 saturated heterocycles. The highest BCUT2D eigenvalue weighted by atomic mass is 16.4. The van der Waals surface area contributed by atoms with Crippen LogP contribution in [-0.2, 0) is 11.3 Å². The van der Waals surface area contributed by atoms with Gasteiger partial charge in [0.25, 0.3) is 0 Å². The first-order valence-electron chi connectivity index (χ1n) is 6.36. The molecule has 0 atom stereocenters. The predicted octanol–water partition coefficient (Wildman–Crippen LogP) is 0.430. The van der Waals surface area contributed by atoms with E-state index in [2.05, 4.69) is 5.32 Å². The van der Waals surface area contributed by atoms with Gasteiger partial charge in [-0.25, -0.2) is 4.79 Å². The van der Waals surface area contributed by atoms with Crippen LogP contribution in [0.25, 0.3) is 11.0 Å². The van der Waals surface area contributed by atoms with Crippen LogP contribution in [0.15, 0.2) is 33.5 Å². The van der Waals surface area contributed by atoms with Gasteiger partial charge in [-0.15, -0.1) is 0 Å². The molecule has 0 saturated carbocycles. The fourth-order valence-corrected chi connectivity index (χ4v) is 2.42. The molecule has 104 valence electrons. The maximum Gasteiger partial charge on any atom is 0.336 e. The van der Waals surface area contributed by atoms with Gasteiger partial charge in [-0.2, -0.15) is 0 Å². The minimum Gasteiger partial charge on any atom is -0.508 e. The molecule has 6 nitrogen and oxygen atoms in total. The van der Waals surface area contributed by atoms with Crippen molar-refractivity contribution in [3.05, 3.63) is 40.2 Å². The number of carbonyl (C=O) groups is 1. The van der Waals surface area contributed by atoms with Crippen molar-refractivity contribution in [1.29, 1.82) is 0 Å². The number of aromatic hydroxyl groups is 1. The van der Waals surface area contributed by atoms with Crippen LogP contribution >= 0.6 is 0 Å². The number of nitrogens with one attached hydrogen (secondary N) is 1. The summed E-state index contributed by atoms with van der Waals surface area (Å²) < 4.78 is 5.08. The van der Waals surface area contributed by atoms with Crippen LogP contribution < -0.4 is 10.9 Å². The number of fused-ring (bicyclic) bond motifs is 1. The second-order valence-corrected chi connectivity index (χ2v) is 4.83. The number of phenols is 1. The van der Waals surface area contributed by atoms with Gasteiger partial charge in [0, 0.05) is 37.2 Å². The van der Waals surface area contributed by atoms with Crippen LogP contribution in [0, 0.1) is 0 Å². The lowest BCUT2D eigenvalue weighted by molar-refractivity contribution is -0.124. The molecule has 1 aromatic heterocycles. The van der Waals surface area contributed by atoms with E-state index < -0.39 is 5.63 Å². The van der Waals surface area contributed by atoms with Crippen LogP contribution in [0.4, 0.5) is 0 Å². The van der Waals surface area contributed by atoms with E-state index >= 15 is 0 Å². The first kappa shape index (κ1) is 12.7. The van der Waals surface area contributed by atoms with Crippen molar-refractivity contribution in [3.8, 4) is 5.75 Å². The zero-order valence-electron chi connectivity index (χ0n) is 10.8. The minimum absolute atomic E-state index is 0.0128. The Bertz CT molecular complexity index is 723. The average molecular weight is 274 g/mol. The lowest BCUT2D eigenvalue weighted by atomic mass is 10.1. The zero-order valence-corrected chi connectivity index (χ0v) is 10.8. The summed E-state index contributed by atoms with van der Waals surface area (Å²) in [6, 6.07) is 6.12. The predicted molar refractivity (Wildman–Crippen MR) is 72.4 cm³/mol. The van der Waals surface area contributed by atoms with E-state index in [1.165, 1.54) is 12.1 Å². The molecule has 2 N–H and O–H groups in total. The average Bonchev–Trinajstić information content (AvgIpc) is 2.37. The summed E-state index contributed by atoms with van der Waals surface area (Å²) in [5.41, 5.74) is 0.694. The molecule has 1 fully saturated rings. The lowest BCUT2D eigenvalue weighted by Gasteiger charge is -2.26. The van der Waals surface area contributed by atoms with Crippen LogP contribution in [0.5, 0.6) is 5.75 Å². The van der Waals surface area contributed by atoms with Gasteiger partial charge in [0.2, 0.25) is 5.91 Å². The molecule has 1 aliphatic rings. The number of hydrogen-bond acceptors (Lipinski definition) is 5. The molecule has 2 heterocycles. The van der Waals surface area contributed by atoms with Crippen molar-refractivity contribution in [3.63, 3.8) is 0 Å². The topological polar surface area (TPSA) is 82.8 Å². The van der Waals surface area contributed by atoms with E-state index in [0.29, 0.717) is 25.2 Å². The van der Waals surface area contributed by atoms with E-state index in [-0.39, 0.29) is 11.7 Å². The first-order valence-corrected chi connectivity index (χ1v) is 6.36. The van der Waals surface area contributed by atoms with E-state index in [4.69, 9.17) is 4.42 Å². The molecule has 0 spiro atoms. The highest BCUT2D eigenvalue weighted by Gasteiger charge is 2.17. The normalized spacial score (nSPS) is 16.3. The first-order chi connectivity index (χ1) is 9.61. The van der Waals surface area contributed by atoms with E-state index in [1.54, 1.807) is 12.1 Å². The van der Waals surface area contributed by atoms with Gasteiger partial charge in [-0.1, -0.05) is 0 Å². The molecule has 1 amide bonds. The highest BCUT2D eigenvalue weighted by molar-refractivity contribution is 5.82. The van der Waals surface area contributed by atoms with Gasteiger partial charge in [0.05, 0.1) is 6.54 Å². The Morgan fingerprint density at radius 3 is 2.95 bits per heavy atom. The molecule has 2 aromatic rings. The number of piperazine rings is 1. The molecule has 0 bridgehead atoms. The van der Waals surface area contributed by atoms with Crippen molar-refractivity contribution < 1.29 is 14.3 Å². The summed E-state index contributed by atoms with van der Waals surface area (Å²) in [6.07, 6.45) is 0. The summed E-state index contributed by atoms with van der Waals surface area (Å²) in [6.45, 7) is 2.17. The monoisotopic (exact) mass is 274 g/mol. The second-order valence-electron chi connectivity index (χ2n) is 4.83. The van der Waals surface area contributed by atoms with Crippen LogP contribution in [-0.4, -0.2) is 35.5 Å². The molecule has 1 aliphatic heterocycles. The zero-order chi connectivity index (χ0) is 14.1. The summed E-state index contributed by atoms with van der Waals surface area (Å²) >= 11 is 0. The molecule has 20 heavy (non-hydrogen) atoms. The summed E-state index contributed by atoms with van der Waals surface area (Å²) in [5.74, 6) is 0.0383. The fraction of sp³-hybridized carbons (Fsp3) is 0.286. The Balaban J connectivity index is 1.98. The largest absolute Gasteiger partial charge is 0.508 e. The number of phenolic OH excluding ortho intramolecular Hbond substituents is 1. The molecule has 1 aromatic carbocycles. The van der Waals surface area contributed by atoms with Crippen LogP contribution in [0.3, 0.4) is 0 Å². The van der Waals surface area contributed by atoms with Crippen molar-refractivity contribution in [2.45, 2.75) is 6.54 Å². The number of carbonyl (C=O) groups excluding carboxylic acids is 1. The fourth-order valence-electron chi connectivity index (χ4n) is 2.42. The Labute approximate surface area is 114 Å². The highest BCUT2D eigenvalue weighted by Crippen LogP contribution is 2.22. The summed E-state index contributed by atoms with van der Waals surface area (Å²) in [7, 11) is 0. The number of hydrogen-bond donors (Lipinski definition) is 2. The number of amides is 1. The number of nitrogens with zero attached hydrogens (tertiary/aromatic N) is 1. The van der Waals surface area contributed by atoms with Gasteiger partial charge < -0.3 is 14.8 Å². The third-order valence-electron chi connectivity index (χ3n) is 3.33. The standard InChI is InChI=1S/C14H14N2O4/c17-10-1-2-11-9(5-14(19)20-12(11)6-10)7-16-4-3-15-13(18)8-16/h1-2,5-6,17H,3-4,7-8H2,(H,15,18). The van der Waals surface area contributed by atoms with Gasteiger partial charge in [0.15, 0.2) is 0 Å². The van der Waals surface area contributed by atoms with Gasteiger partial charge in [0.1, 0.15) is 11.3 Å². The van der Waals surface area contributed by atoms with Gasteiger partial charge in [-0.05, 0) is 17.7 Å². The maximum atomic E-state index is 11.6. The number of benzene rings is 1. The third kappa shape index (κ3) is 2.50. The van der Waals surface area contributed by atoms with Crippen molar-refractivity contribution >= 4 is 16.9 Å². The van der Waals surface area contributed by atoms with E-state index in [1.807, 2.05) is 4.90 Å². The Morgan fingerprint density at radius 1 is 1.30 bits per heavy atom. The summed E-state index contributed by atoms with van der Waals surface area (Å²) in [4.78, 5) is 24.9. The smallest absolute Gasteiger partial charge is 0.336 e. The second kappa shape index (κ2) is 4.97. The molecule has 3 rings (SSSR count). The SMILES string of the molecule is O=C1CN(Cc2cc(=O)oc3cc(O)ccc23)CCN1. The van der Waals surface area contributed by atoms with Crippen molar-refractivity contribution in [1.82, 2.24) is 10.2 Å². The quantitative estimate of drug-likeness (QED) is 0.776. The van der Waals surface area contributed by atoms with Crippen molar-refractivity contribution in [2.24, 2.45) is 0 Å².